The summed E-state index contributed by atoms with van der Waals surface area (Å²) in [5.41, 5.74) is 2.12. The number of amides is 1. The molecule has 0 spiro atoms. The average Bonchev–Trinajstić information content (AvgIpc) is 3.15. The Labute approximate surface area is 178 Å². The molecule has 0 aromatic heterocycles. The van der Waals surface area contributed by atoms with E-state index in [9.17, 15) is 13.2 Å². The molecule has 0 saturated heterocycles. The maximum atomic E-state index is 12.9. The molecule has 1 heterocycles. The van der Waals surface area contributed by atoms with E-state index in [2.05, 4.69) is 5.32 Å². The van der Waals surface area contributed by atoms with E-state index < -0.39 is 10.0 Å². The second kappa shape index (κ2) is 7.71. The lowest BCUT2D eigenvalue weighted by molar-refractivity contribution is 0.102. The number of halogens is 2. The highest BCUT2D eigenvalue weighted by molar-refractivity contribution is 7.92. The van der Waals surface area contributed by atoms with Crippen LogP contribution in [0.3, 0.4) is 0 Å². The van der Waals surface area contributed by atoms with E-state index in [1.807, 2.05) is 0 Å². The number of carbonyl (C=O) groups excluding carboxylic acids is 1. The molecule has 0 saturated carbocycles. The summed E-state index contributed by atoms with van der Waals surface area (Å²) in [6.45, 7) is 0.327. The topological polar surface area (TPSA) is 66.5 Å². The van der Waals surface area contributed by atoms with Crippen LogP contribution in [-0.2, 0) is 16.4 Å². The predicted molar refractivity (Wildman–Crippen MR) is 116 cm³/mol. The Balaban J connectivity index is 1.61. The van der Waals surface area contributed by atoms with Gasteiger partial charge < -0.3 is 5.32 Å². The van der Waals surface area contributed by atoms with Gasteiger partial charge in [0.15, 0.2) is 0 Å². The van der Waals surface area contributed by atoms with Crippen molar-refractivity contribution in [2.45, 2.75) is 11.3 Å². The van der Waals surface area contributed by atoms with Crippen molar-refractivity contribution in [3.05, 3.63) is 87.9 Å². The third-order valence-corrected chi connectivity index (χ3v) is 7.18. The first-order valence-corrected chi connectivity index (χ1v) is 11.0. The Bertz CT molecular complexity index is 1180. The van der Waals surface area contributed by atoms with Crippen LogP contribution in [0.4, 0.5) is 11.4 Å². The highest BCUT2D eigenvalue weighted by atomic mass is 35.5. The summed E-state index contributed by atoms with van der Waals surface area (Å²) in [4.78, 5) is 12.9. The van der Waals surface area contributed by atoms with Crippen LogP contribution in [0, 0.1) is 0 Å². The fraction of sp³-hybridized carbons (Fsp3) is 0.0952. The number of nitrogens with zero attached hydrogens (tertiary/aromatic N) is 1. The van der Waals surface area contributed by atoms with Gasteiger partial charge >= 0.3 is 0 Å². The van der Waals surface area contributed by atoms with Crippen molar-refractivity contribution in [1.29, 1.82) is 0 Å². The predicted octanol–water partition coefficient (Wildman–Crippen LogP) is 5.00. The van der Waals surface area contributed by atoms with Gasteiger partial charge in [-0.2, -0.15) is 0 Å². The van der Waals surface area contributed by atoms with Crippen LogP contribution in [-0.4, -0.2) is 20.9 Å². The summed E-state index contributed by atoms with van der Waals surface area (Å²) >= 11 is 12.2. The lowest BCUT2D eigenvalue weighted by Gasteiger charge is -2.19. The van der Waals surface area contributed by atoms with E-state index in [1.165, 1.54) is 4.31 Å². The largest absolute Gasteiger partial charge is 0.319 e. The number of hydrogen-bond donors (Lipinski definition) is 1. The minimum Gasteiger partial charge on any atom is -0.319 e. The zero-order valence-corrected chi connectivity index (χ0v) is 17.4. The molecule has 1 N–H and O–H groups in total. The van der Waals surface area contributed by atoms with E-state index in [0.29, 0.717) is 39.9 Å². The third kappa shape index (κ3) is 3.71. The lowest BCUT2D eigenvalue weighted by atomic mass is 10.1. The number of benzene rings is 3. The maximum absolute atomic E-state index is 12.9. The molecule has 148 valence electrons. The summed E-state index contributed by atoms with van der Waals surface area (Å²) in [6, 6.07) is 18.2. The van der Waals surface area contributed by atoms with Gasteiger partial charge in [0.1, 0.15) is 0 Å². The molecule has 1 aliphatic heterocycles. The van der Waals surface area contributed by atoms with Gasteiger partial charge in [-0.25, -0.2) is 8.42 Å². The van der Waals surface area contributed by atoms with Crippen LogP contribution in [0.25, 0.3) is 0 Å². The molecule has 0 aliphatic carbocycles. The highest BCUT2D eigenvalue weighted by Gasteiger charge is 2.31. The summed E-state index contributed by atoms with van der Waals surface area (Å²) < 4.78 is 27.3. The Morgan fingerprint density at radius 1 is 0.931 bits per heavy atom. The molecule has 29 heavy (non-hydrogen) atoms. The Morgan fingerprint density at radius 2 is 1.62 bits per heavy atom. The Morgan fingerprint density at radius 3 is 2.31 bits per heavy atom. The van der Waals surface area contributed by atoms with E-state index in [0.717, 1.165) is 5.56 Å². The van der Waals surface area contributed by atoms with E-state index in [4.69, 9.17) is 23.2 Å². The fourth-order valence-electron chi connectivity index (χ4n) is 3.29. The number of hydrogen-bond acceptors (Lipinski definition) is 3. The normalized spacial score (nSPS) is 13.2. The van der Waals surface area contributed by atoms with Crippen LogP contribution in [0.5, 0.6) is 0 Å². The molecule has 0 atom stereocenters. The number of carbonyl (C=O) groups is 1. The number of para-hydroxylation sites is 1. The van der Waals surface area contributed by atoms with Gasteiger partial charge in [-0.05, 0) is 54.4 Å². The van der Waals surface area contributed by atoms with Gasteiger partial charge in [-0.15, -0.1) is 0 Å². The monoisotopic (exact) mass is 446 g/mol. The minimum atomic E-state index is -3.65. The standard InChI is InChI=1S/C21H16Cl2N2O3S/c22-17-7-4-8-18(23)20(17)24-21(26)15-9-10-19-14(13-15)11-12-25(19)29(27,28)16-5-2-1-3-6-16/h1-10,13H,11-12H2,(H,24,26). The van der Waals surface area contributed by atoms with E-state index >= 15 is 0 Å². The molecular formula is C21H16Cl2N2O3S. The van der Waals surface area contributed by atoms with Gasteiger partial charge in [0.05, 0.1) is 26.3 Å². The molecule has 1 amide bonds. The van der Waals surface area contributed by atoms with Gasteiger partial charge in [0.25, 0.3) is 15.9 Å². The third-order valence-electron chi connectivity index (χ3n) is 4.73. The van der Waals surface area contributed by atoms with Gasteiger partial charge in [0, 0.05) is 12.1 Å². The second-order valence-electron chi connectivity index (χ2n) is 6.53. The second-order valence-corrected chi connectivity index (χ2v) is 9.21. The van der Waals surface area contributed by atoms with Crippen LogP contribution in [0.2, 0.25) is 10.0 Å². The number of rotatable bonds is 4. The van der Waals surface area contributed by atoms with Crippen molar-refractivity contribution in [3.8, 4) is 0 Å². The molecule has 0 radical (unpaired) electrons. The van der Waals surface area contributed by atoms with Gasteiger partial charge in [-0.1, -0.05) is 47.5 Å². The number of nitrogens with one attached hydrogen (secondary N) is 1. The first-order chi connectivity index (χ1) is 13.9. The molecule has 1 aliphatic rings. The molecule has 3 aromatic carbocycles. The zero-order valence-electron chi connectivity index (χ0n) is 15.1. The smallest absolute Gasteiger partial charge is 0.264 e. The summed E-state index contributed by atoms with van der Waals surface area (Å²) in [5, 5.41) is 3.40. The van der Waals surface area contributed by atoms with Crippen molar-refractivity contribution in [3.63, 3.8) is 0 Å². The summed E-state index contributed by atoms with van der Waals surface area (Å²) in [5.74, 6) is -0.368. The van der Waals surface area contributed by atoms with E-state index in [-0.39, 0.29) is 10.8 Å². The zero-order chi connectivity index (χ0) is 20.6. The lowest BCUT2D eigenvalue weighted by Crippen LogP contribution is -2.29. The van der Waals surface area contributed by atoms with Crippen LogP contribution < -0.4 is 9.62 Å². The molecule has 8 heteroatoms. The molecule has 3 aromatic rings. The van der Waals surface area contributed by atoms with Gasteiger partial charge in [-0.3, -0.25) is 9.10 Å². The minimum absolute atomic E-state index is 0.239. The SMILES string of the molecule is O=C(Nc1c(Cl)cccc1Cl)c1ccc2c(c1)CCN2S(=O)(=O)c1ccccc1. The molecule has 5 nitrogen and oxygen atoms in total. The highest BCUT2D eigenvalue weighted by Crippen LogP contribution is 2.34. The summed E-state index contributed by atoms with van der Waals surface area (Å²) in [6.07, 6.45) is 0.523. The molecule has 0 fully saturated rings. The maximum Gasteiger partial charge on any atom is 0.264 e. The van der Waals surface area contributed by atoms with E-state index in [1.54, 1.807) is 66.7 Å². The van der Waals surface area contributed by atoms with Crippen molar-refractivity contribution in [2.75, 3.05) is 16.2 Å². The summed E-state index contributed by atoms with van der Waals surface area (Å²) in [7, 11) is -3.65. The Kier molecular flexibility index (Phi) is 5.25. The first kappa shape index (κ1) is 19.8. The van der Waals surface area contributed by atoms with Crippen molar-refractivity contribution >= 4 is 50.5 Å². The molecule has 4 rings (SSSR count). The molecular weight excluding hydrogens is 431 g/mol. The number of fused-ring (bicyclic) bond motifs is 1. The molecule has 0 unspecified atom stereocenters. The quantitative estimate of drug-likeness (QED) is 0.613. The van der Waals surface area contributed by atoms with Crippen molar-refractivity contribution in [1.82, 2.24) is 0 Å². The van der Waals surface area contributed by atoms with Crippen molar-refractivity contribution < 1.29 is 13.2 Å². The fourth-order valence-corrected chi connectivity index (χ4v) is 5.30. The average molecular weight is 447 g/mol. The molecule has 0 bridgehead atoms. The number of anilines is 2. The van der Waals surface area contributed by atoms with Crippen molar-refractivity contribution in [2.24, 2.45) is 0 Å². The Hall–Kier alpha value is -2.54. The van der Waals surface area contributed by atoms with Crippen LogP contribution >= 0.6 is 23.2 Å². The van der Waals surface area contributed by atoms with Gasteiger partial charge in [0.2, 0.25) is 0 Å². The number of sulfonamides is 1. The first-order valence-electron chi connectivity index (χ1n) is 8.84. The van der Waals surface area contributed by atoms with Crippen LogP contribution in [0.15, 0.2) is 71.6 Å². The van der Waals surface area contributed by atoms with Crippen LogP contribution in [0.1, 0.15) is 15.9 Å².